The smallest absolute Gasteiger partial charge is 0.214 e. The molecule has 1 aromatic heterocycles. The molecule has 0 saturated heterocycles. The van der Waals surface area contributed by atoms with Crippen molar-refractivity contribution < 1.29 is 9.47 Å². The largest absolute Gasteiger partial charge is 0.497 e. The number of thioether (sulfide) groups is 1. The molecular formula is C19H22N4O2S. The maximum atomic E-state index is 5.46. The normalized spacial score (nSPS) is 10.8. The fourth-order valence-electron chi connectivity index (χ4n) is 2.96. The number of methoxy groups -OCH3 is 2. The second kappa shape index (κ2) is 7.78. The number of hydrogen-bond donors (Lipinski definition) is 0. The molecule has 136 valence electrons. The molecule has 2 aromatic carbocycles. The van der Waals surface area contributed by atoms with E-state index in [1.807, 2.05) is 18.2 Å². The van der Waals surface area contributed by atoms with Gasteiger partial charge in [-0.3, -0.25) is 0 Å². The molecule has 0 spiro atoms. The van der Waals surface area contributed by atoms with Crippen LogP contribution in [0.5, 0.6) is 11.5 Å². The lowest BCUT2D eigenvalue weighted by molar-refractivity contribution is 0.399. The fraction of sp³-hybridized carbons (Fsp3) is 0.316. The van der Waals surface area contributed by atoms with Crippen molar-refractivity contribution in [1.82, 2.24) is 20.2 Å². The third-order valence-electron chi connectivity index (χ3n) is 4.24. The number of hydrogen-bond acceptors (Lipinski definition) is 6. The highest BCUT2D eigenvalue weighted by Crippen LogP contribution is 2.31. The Morgan fingerprint density at radius 2 is 1.73 bits per heavy atom. The first-order valence-corrected chi connectivity index (χ1v) is 9.22. The van der Waals surface area contributed by atoms with E-state index in [0.29, 0.717) is 10.9 Å². The van der Waals surface area contributed by atoms with E-state index in [1.165, 1.54) is 22.3 Å². The van der Waals surface area contributed by atoms with Crippen LogP contribution in [0.4, 0.5) is 0 Å². The van der Waals surface area contributed by atoms with Crippen LogP contribution in [0.15, 0.2) is 35.5 Å². The topological polar surface area (TPSA) is 62.1 Å². The van der Waals surface area contributed by atoms with E-state index in [0.717, 1.165) is 17.2 Å². The predicted octanol–water partition coefficient (Wildman–Crippen LogP) is 3.90. The first-order valence-electron chi connectivity index (χ1n) is 8.23. The van der Waals surface area contributed by atoms with Gasteiger partial charge in [0.05, 0.1) is 14.2 Å². The lowest BCUT2D eigenvalue weighted by Gasteiger charge is -2.12. The molecule has 1 heterocycles. The predicted molar refractivity (Wildman–Crippen MR) is 102 cm³/mol. The van der Waals surface area contributed by atoms with E-state index in [4.69, 9.17) is 9.47 Å². The van der Waals surface area contributed by atoms with Crippen molar-refractivity contribution in [3.63, 3.8) is 0 Å². The van der Waals surface area contributed by atoms with Gasteiger partial charge < -0.3 is 9.47 Å². The third kappa shape index (κ3) is 3.67. The molecule has 3 aromatic rings. The molecule has 6 nitrogen and oxygen atoms in total. The van der Waals surface area contributed by atoms with E-state index in [9.17, 15) is 0 Å². The molecule has 0 bridgehead atoms. The van der Waals surface area contributed by atoms with Gasteiger partial charge in [-0.2, -0.15) is 4.68 Å². The maximum Gasteiger partial charge on any atom is 0.214 e. The molecule has 0 aliphatic carbocycles. The van der Waals surface area contributed by atoms with Crippen LogP contribution in [-0.4, -0.2) is 34.4 Å². The van der Waals surface area contributed by atoms with Gasteiger partial charge in [0.2, 0.25) is 5.16 Å². The van der Waals surface area contributed by atoms with Gasteiger partial charge in [-0.15, -0.1) is 5.10 Å². The van der Waals surface area contributed by atoms with Crippen LogP contribution >= 0.6 is 11.8 Å². The monoisotopic (exact) mass is 370 g/mol. The Hall–Kier alpha value is -2.54. The summed E-state index contributed by atoms with van der Waals surface area (Å²) in [7, 11) is 3.26. The average molecular weight is 370 g/mol. The summed E-state index contributed by atoms with van der Waals surface area (Å²) in [5.74, 6) is 2.20. The van der Waals surface area contributed by atoms with E-state index in [1.54, 1.807) is 30.7 Å². The molecule has 0 N–H and O–H groups in total. The Kier molecular flexibility index (Phi) is 5.46. The summed E-state index contributed by atoms with van der Waals surface area (Å²) in [6.45, 7) is 6.40. The van der Waals surface area contributed by atoms with Crippen LogP contribution in [0, 0.1) is 20.8 Å². The maximum absolute atomic E-state index is 5.46. The highest BCUT2D eigenvalue weighted by molar-refractivity contribution is 7.98. The number of aromatic nitrogens is 4. The quantitative estimate of drug-likeness (QED) is 0.613. The minimum absolute atomic E-state index is 0.683. The number of tetrazole rings is 1. The fourth-order valence-corrected chi connectivity index (χ4v) is 4.04. The molecule has 7 heteroatoms. The minimum atomic E-state index is 0.683. The van der Waals surface area contributed by atoms with Crippen LogP contribution < -0.4 is 9.47 Å². The zero-order valence-electron chi connectivity index (χ0n) is 15.6. The summed E-state index contributed by atoms with van der Waals surface area (Å²) in [6.07, 6.45) is 0. The van der Waals surface area contributed by atoms with Crippen LogP contribution in [0.2, 0.25) is 0 Å². The molecule has 0 saturated carbocycles. The summed E-state index contributed by atoms with van der Waals surface area (Å²) >= 11 is 1.60. The van der Waals surface area contributed by atoms with Crippen molar-refractivity contribution in [3.8, 4) is 17.2 Å². The van der Waals surface area contributed by atoms with Gasteiger partial charge in [-0.05, 0) is 60.0 Å². The van der Waals surface area contributed by atoms with Gasteiger partial charge >= 0.3 is 0 Å². The number of benzene rings is 2. The third-order valence-corrected chi connectivity index (χ3v) is 5.19. The van der Waals surface area contributed by atoms with Crippen molar-refractivity contribution in [2.75, 3.05) is 14.2 Å². The number of aryl methyl sites for hydroxylation is 3. The van der Waals surface area contributed by atoms with Gasteiger partial charge in [0.15, 0.2) is 0 Å². The highest BCUT2D eigenvalue weighted by atomic mass is 32.2. The second-order valence-corrected chi connectivity index (χ2v) is 7.02. The van der Waals surface area contributed by atoms with E-state index in [-0.39, 0.29) is 0 Å². The lowest BCUT2D eigenvalue weighted by atomic mass is 10.0. The summed E-state index contributed by atoms with van der Waals surface area (Å²) in [5, 5.41) is 12.9. The Morgan fingerprint density at radius 1 is 1.00 bits per heavy atom. The number of ether oxygens (including phenoxy) is 2. The van der Waals surface area contributed by atoms with Gasteiger partial charge in [-0.25, -0.2) is 0 Å². The van der Waals surface area contributed by atoms with Crippen molar-refractivity contribution in [2.24, 2.45) is 0 Å². The van der Waals surface area contributed by atoms with E-state index < -0.39 is 0 Å². The van der Waals surface area contributed by atoms with Gasteiger partial charge in [0.1, 0.15) is 17.2 Å². The molecule has 0 radical (unpaired) electrons. The summed E-state index contributed by atoms with van der Waals surface area (Å²) in [4.78, 5) is 0. The summed E-state index contributed by atoms with van der Waals surface area (Å²) < 4.78 is 12.5. The van der Waals surface area contributed by atoms with Gasteiger partial charge in [0.25, 0.3) is 0 Å². The van der Waals surface area contributed by atoms with E-state index in [2.05, 4.69) is 48.4 Å². The van der Waals surface area contributed by atoms with Gasteiger partial charge in [0, 0.05) is 11.8 Å². The Bertz CT molecular complexity index is 901. The minimum Gasteiger partial charge on any atom is -0.497 e. The van der Waals surface area contributed by atoms with Gasteiger partial charge in [-0.1, -0.05) is 29.5 Å². The molecule has 3 rings (SSSR count). The first kappa shape index (κ1) is 18.3. The van der Waals surface area contributed by atoms with Crippen molar-refractivity contribution in [3.05, 3.63) is 52.6 Å². The molecule has 0 atom stereocenters. The molecule has 0 amide bonds. The molecular weight excluding hydrogens is 348 g/mol. The zero-order valence-corrected chi connectivity index (χ0v) is 16.4. The molecule has 0 fully saturated rings. The van der Waals surface area contributed by atoms with Crippen molar-refractivity contribution in [1.29, 1.82) is 0 Å². The average Bonchev–Trinajstić information content (AvgIpc) is 3.08. The zero-order chi connectivity index (χ0) is 18.7. The SMILES string of the molecule is COc1ccc(OC)c(-n2nnnc2SCc2c(C)cc(C)cc2C)c1. The number of nitrogens with zero attached hydrogens (tertiary/aromatic N) is 4. The molecule has 26 heavy (non-hydrogen) atoms. The second-order valence-electron chi connectivity index (χ2n) is 6.08. The Morgan fingerprint density at radius 3 is 2.38 bits per heavy atom. The molecule has 0 aliphatic heterocycles. The first-order chi connectivity index (χ1) is 12.5. The van der Waals surface area contributed by atoms with Crippen LogP contribution in [-0.2, 0) is 5.75 Å². The standard InChI is InChI=1S/C19H22N4O2S/c1-12-8-13(2)16(14(3)9-12)11-26-19-20-21-22-23(19)17-10-15(24-4)6-7-18(17)25-5/h6-10H,11H2,1-5H3. The summed E-state index contributed by atoms with van der Waals surface area (Å²) in [5.41, 5.74) is 5.91. The van der Waals surface area contributed by atoms with Crippen LogP contribution in [0.1, 0.15) is 22.3 Å². The van der Waals surface area contributed by atoms with Crippen LogP contribution in [0.3, 0.4) is 0 Å². The van der Waals surface area contributed by atoms with Crippen molar-refractivity contribution >= 4 is 11.8 Å². The molecule has 0 aliphatic rings. The summed E-state index contributed by atoms with van der Waals surface area (Å²) in [6, 6.07) is 9.96. The van der Waals surface area contributed by atoms with E-state index >= 15 is 0 Å². The van der Waals surface area contributed by atoms with Crippen molar-refractivity contribution in [2.45, 2.75) is 31.7 Å². The number of rotatable bonds is 6. The Balaban J connectivity index is 1.91. The Labute approximate surface area is 157 Å². The highest BCUT2D eigenvalue weighted by Gasteiger charge is 2.15. The lowest BCUT2D eigenvalue weighted by Crippen LogP contribution is -2.03. The molecule has 0 unspecified atom stereocenters. The van der Waals surface area contributed by atoms with Crippen LogP contribution in [0.25, 0.3) is 5.69 Å².